The summed E-state index contributed by atoms with van der Waals surface area (Å²) in [6.45, 7) is 7.49. The monoisotopic (exact) mass is 288 g/mol. The first-order valence-electron chi connectivity index (χ1n) is 7.19. The van der Waals surface area contributed by atoms with Crippen LogP contribution in [0.3, 0.4) is 0 Å². The number of hydrogen-bond donors (Lipinski definition) is 2. The Labute approximate surface area is 121 Å². The summed E-state index contributed by atoms with van der Waals surface area (Å²) in [5, 5.41) is 11.7. The molecule has 1 unspecified atom stereocenters. The smallest absolute Gasteiger partial charge is 0.326 e. The Bertz CT molecular complexity index is 295. The molecule has 1 atom stereocenters. The molecule has 2 N–H and O–H groups in total. The van der Waals surface area contributed by atoms with Crippen LogP contribution in [0.15, 0.2) is 0 Å². The molecule has 0 aliphatic heterocycles. The number of amides is 2. The van der Waals surface area contributed by atoms with Crippen LogP contribution in [0.1, 0.15) is 40.0 Å². The molecule has 20 heavy (non-hydrogen) atoms. The summed E-state index contributed by atoms with van der Waals surface area (Å²) in [4.78, 5) is 24.9. The summed E-state index contributed by atoms with van der Waals surface area (Å²) in [5.41, 5.74) is 0. The van der Waals surface area contributed by atoms with Crippen molar-refractivity contribution in [1.82, 2.24) is 10.2 Å². The normalized spacial score (nSPS) is 12.2. The van der Waals surface area contributed by atoms with Crippen LogP contribution < -0.4 is 5.32 Å². The lowest BCUT2D eigenvalue weighted by Gasteiger charge is -2.26. The summed E-state index contributed by atoms with van der Waals surface area (Å²) in [7, 11) is 1.58. The number of nitrogens with one attached hydrogen (secondary N) is 1. The average Bonchev–Trinajstić information content (AvgIpc) is 2.38. The molecule has 0 aromatic carbocycles. The fraction of sp³-hybridized carbons (Fsp3) is 0.857. The highest BCUT2D eigenvalue weighted by Crippen LogP contribution is 2.04. The molecule has 2 amide bonds. The van der Waals surface area contributed by atoms with Crippen LogP contribution in [0.4, 0.5) is 4.79 Å². The molecule has 0 bridgehead atoms. The predicted octanol–water partition coefficient (Wildman–Crippen LogP) is 1.94. The minimum Gasteiger partial charge on any atom is -0.480 e. The molecule has 0 saturated carbocycles. The summed E-state index contributed by atoms with van der Waals surface area (Å²) >= 11 is 0. The van der Waals surface area contributed by atoms with Gasteiger partial charge < -0.3 is 20.1 Å². The lowest BCUT2D eigenvalue weighted by atomic mass is 10.1. The van der Waals surface area contributed by atoms with Crippen LogP contribution in [-0.4, -0.2) is 54.9 Å². The van der Waals surface area contributed by atoms with E-state index < -0.39 is 12.0 Å². The molecule has 0 fully saturated rings. The van der Waals surface area contributed by atoms with Gasteiger partial charge in [0.05, 0.1) is 6.61 Å². The molecule has 0 aromatic heterocycles. The van der Waals surface area contributed by atoms with Gasteiger partial charge in [-0.1, -0.05) is 33.6 Å². The molecule has 0 spiro atoms. The van der Waals surface area contributed by atoms with Gasteiger partial charge in [-0.3, -0.25) is 0 Å². The van der Waals surface area contributed by atoms with E-state index in [1.807, 2.05) is 20.8 Å². The van der Waals surface area contributed by atoms with Gasteiger partial charge in [0.2, 0.25) is 0 Å². The number of carboxylic acid groups (broad SMARTS) is 1. The third-order valence-electron chi connectivity index (χ3n) is 2.88. The van der Waals surface area contributed by atoms with Crippen molar-refractivity contribution < 1.29 is 19.4 Å². The Morgan fingerprint density at radius 3 is 2.45 bits per heavy atom. The fourth-order valence-electron chi connectivity index (χ4n) is 1.82. The SMILES string of the molecule is CCCCC(NC(=O)N(CCOC)CC(C)C)C(=O)O. The molecule has 6 nitrogen and oxygen atoms in total. The molecular weight excluding hydrogens is 260 g/mol. The minimum absolute atomic E-state index is 0.316. The quantitative estimate of drug-likeness (QED) is 0.644. The molecule has 118 valence electrons. The Hall–Kier alpha value is -1.30. The standard InChI is InChI=1S/C14H28N2O4/c1-5-6-7-12(13(17)18)15-14(19)16(8-9-20-4)10-11(2)3/h11-12H,5-10H2,1-4H3,(H,15,19)(H,17,18). The Kier molecular flexibility index (Phi) is 9.80. The highest BCUT2D eigenvalue weighted by molar-refractivity contribution is 5.82. The summed E-state index contributed by atoms with van der Waals surface area (Å²) in [5.74, 6) is -0.667. The number of carbonyl (C=O) groups is 2. The second kappa shape index (κ2) is 10.5. The van der Waals surface area contributed by atoms with Crippen LogP contribution in [0.25, 0.3) is 0 Å². The third-order valence-corrected chi connectivity index (χ3v) is 2.88. The van der Waals surface area contributed by atoms with Crippen molar-refractivity contribution >= 4 is 12.0 Å². The molecular formula is C14H28N2O4. The first-order valence-corrected chi connectivity index (χ1v) is 7.19. The van der Waals surface area contributed by atoms with Crippen molar-refractivity contribution in [3.05, 3.63) is 0 Å². The zero-order chi connectivity index (χ0) is 15.5. The number of carbonyl (C=O) groups excluding carboxylic acids is 1. The van der Waals surface area contributed by atoms with Crippen molar-refractivity contribution in [2.75, 3.05) is 26.8 Å². The van der Waals surface area contributed by atoms with E-state index in [2.05, 4.69) is 5.32 Å². The van der Waals surface area contributed by atoms with E-state index in [-0.39, 0.29) is 6.03 Å². The molecule has 0 saturated heterocycles. The molecule has 0 rings (SSSR count). The van der Waals surface area contributed by atoms with Gasteiger partial charge in [0.1, 0.15) is 6.04 Å². The van der Waals surface area contributed by atoms with E-state index in [4.69, 9.17) is 9.84 Å². The zero-order valence-corrected chi connectivity index (χ0v) is 13.0. The first kappa shape index (κ1) is 18.7. The fourth-order valence-corrected chi connectivity index (χ4v) is 1.82. The van der Waals surface area contributed by atoms with Crippen LogP contribution in [-0.2, 0) is 9.53 Å². The van der Waals surface area contributed by atoms with E-state index in [1.165, 1.54) is 0 Å². The largest absolute Gasteiger partial charge is 0.480 e. The van der Waals surface area contributed by atoms with Crippen molar-refractivity contribution in [2.45, 2.75) is 46.1 Å². The van der Waals surface area contributed by atoms with Crippen LogP contribution in [0, 0.1) is 5.92 Å². The van der Waals surface area contributed by atoms with Crippen LogP contribution in [0.2, 0.25) is 0 Å². The molecule has 0 radical (unpaired) electrons. The minimum atomic E-state index is -0.983. The van der Waals surface area contributed by atoms with E-state index in [9.17, 15) is 9.59 Å². The predicted molar refractivity (Wildman–Crippen MR) is 77.8 cm³/mol. The van der Waals surface area contributed by atoms with Gasteiger partial charge in [-0.05, 0) is 12.3 Å². The maximum atomic E-state index is 12.2. The van der Waals surface area contributed by atoms with E-state index >= 15 is 0 Å². The second-order valence-corrected chi connectivity index (χ2v) is 5.32. The van der Waals surface area contributed by atoms with E-state index in [0.717, 1.165) is 12.8 Å². The number of rotatable bonds is 10. The lowest BCUT2D eigenvalue weighted by molar-refractivity contribution is -0.139. The molecule has 0 heterocycles. The number of hydrogen-bond acceptors (Lipinski definition) is 3. The van der Waals surface area contributed by atoms with Crippen molar-refractivity contribution in [3.8, 4) is 0 Å². The van der Waals surface area contributed by atoms with Gasteiger partial charge in [0.25, 0.3) is 0 Å². The lowest BCUT2D eigenvalue weighted by Crippen LogP contribution is -2.49. The van der Waals surface area contributed by atoms with Crippen molar-refractivity contribution in [1.29, 1.82) is 0 Å². The first-order chi connectivity index (χ1) is 9.42. The summed E-state index contributed by atoms with van der Waals surface area (Å²) in [6.07, 6.45) is 2.13. The number of urea groups is 1. The summed E-state index contributed by atoms with van der Waals surface area (Å²) in [6, 6.07) is -1.15. The van der Waals surface area contributed by atoms with Gasteiger partial charge in [-0.15, -0.1) is 0 Å². The molecule has 0 aliphatic carbocycles. The van der Waals surface area contributed by atoms with E-state index in [1.54, 1.807) is 12.0 Å². The Balaban J connectivity index is 4.55. The van der Waals surface area contributed by atoms with Crippen molar-refractivity contribution in [3.63, 3.8) is 0 Å². The number of methoxy groups -OCH3 is 1. The number of ether oxygens (including phenoxy) is 1. The number of nitrogens with zero attached hydrogens (tertiary/aromatic N) is 1. The Morgan fingerprint density at radius 2 is 2.00 bits per heavy atom. The van der Waals surface area contributed by atoms with Gasteiger partial charge in [-0.2, -0.15) is 0 Å². The molecule has 0 aliphatic rings. The highest BCUT2D eigenvalue weighted by Gasteiger charge is 2.22. The van der Waals surface area contributed by atoms with Gasteiger partial charge in [-0.25, -0.2) is 9.59 Å². The van der Waals surface area contributed by atoms with Crippen molar-refractivity contribution in [2.24, 2.45) is 5.92 Å². The average molecular weight is 288 g/mol. The number of unbranched alkanes of at least 4 members (excludes halogenated alkanes) is 1. The van der Waals surface area contributed by atoms with Crippen LogP contribution >= 0.6 is 0 Å². The molecule has 0 aromatic rings. The highest BCUT2D eigenvalue weighted by atomic mass is 16.5. The maximum Gasteiger partial charge on any atom is 0.326 e. The topological polar surface area (TPSA) is 78.9 Å². The van der Waals surface area contributed by atoms with E-state index in [0.29, 0.717) is 32.0 Å². The number of carboxylic acids is 1. The zero-order valence-electron chi connectivity index (χ0n) is 13.0. The van der Waals surface area contributed by atoms with Gasteiger partial charge in [0, 0.05) is 20.2 Å². The molecule has 6 heteroatoms. The Morgan fingerprint density at radius 1 is 1.35 bits per heavy atom. The third kappa shape index (κ3) is 7.99. The maximum absolute atomic E-state index is 12.2. The second-order valence-electron chi connectivity index (χ2n) is 5.32. The van der Waals surface area contributed by atoms with Gasteiger partial charge >= 0.3 is 12.0 Å². The number of aliphatic carboxylic acids is 1. The summed E-state index contributed by atoms with van der Waals surface area (Å²) < 4.78 is 4.98. The van der Waals surface area contributed by atoms with Crippen LogP contribution in [0.5, 0.6) is 0 Å². The van der Waals surface area contributed by atoms with Gasteiger partial charge in [0.15, 0.2) is 0 Å².